The zero-order valence-electron chi connectivity index (χ0n) is 12.6. The van der Waals surface area contributed by atoms with Gasteiger partial charge in [0, 0.05) is 0 Å². The number of aryl methyl sites for hydroxylation is 1. The number of aromatic hydroxyl groups is 2. The van der Waals surface area contributed by atoms with Gasteiger partial charge in [-0.25, -0.2) is 4.57 Å². The van der Waals surface area contributed by atoms with Gasteiger partial charge in [0.2, 0.25) is 0 Å². The van der Waals surface area contributed by atoms with Crippen LogP contribution in [0.1, 0.15) is 30.4 Å². The Labute approximate surface area is 134 Å². The molecule has 1 atom stereocenters. The first-order valence-electron chi connectivity index (χ1n) is 7.10. The molecule has 0 spiro atoms. The third-order valence-electron chi connectivity index (χ3n) is 3.57. The predicted octanol–water partition coefficient (Wildman–Crippen LogP) is 3.31. The second-order valence-electron chi connectivity index (χ2n) is 5.41. The Morgan fingerprint density at radius 1 is 1.04 bits per heavy atom. The number of benzene rings is 2. The molecule has 0 aromatic heterocycles. The quantitative estimate of drug-likeness (QED) is 0.602. The van der Waals surface area contributed by atoms with Gasteiger partial charge < -0.3 is 14.7 Å². The highest BCUT2D eigenvalue weighted by atomic mass is 31.2. The van der Waals surface area contributed by atoms with Gasteiger partial charge in [0.15, 0.2) is 0 Å². The van der Waals surface area contributed by atoms with Crippen LogP contribution in [0.2, 0.25) is 0 Å². The first-order chi connectivity index (χ1) is 10.7. The molecule has 0 fully saturated rings. The lowest BCUT2D eigenvalue weighted by Gasteiger charge is -2.15. The number of phenolic OH excluding ortho intramolecular Hbond substituents is 2. The van der Waals surface area contributed by atoms with Gasteiger partial charge in [-0.15, -0.1) is 0 Å². The van der Waals surface area contributed by atoms with Crippen molar-refractivity contribution in [1.29, 1.82) is 0 Å². The van der Waals surface area contributed by atoms with E-state index in [0.29, 0.717) is 18.4 Å². The molecule has 6 nitrogen and oxygen atoms in total. The average molecular weight is 338 g/mol. The van der Waals surface area contributed by atoms with E-state index in [4.69, 9.17) is 9.79 Å². The van der Waals surface area contributed by atoms with Crippen molar-refractivity contribution in [3.05, 3.63) is 53.6 Å². The summed E-state index contributed by atoms with van der Waals surface area (Å²) in [5, 5.41) is 18.9. The maximum absolute atomic E-state index is 11.0. The second-order valence-corrected chi connectivity index (χ2v) is 6.57. The summed E-state index contributed by atoms with van der Waals surface area (Å²) in [5.41, 5.74) is 1.57. The Bertz CT molecular complexity index is 707. The first-order valence-corrected chi connectivity index (χ1v) is 8.63. The number of phenols is 2. The summed E-state index contributed by atoms with van der Waals surface area (Å²) < 4.78 is 15.7. The minimum absolute atomic E-state index is 0.00958. The molecule has 0 heterocycles. The SMILES string of the molecule is CC(CCc1cc(O)ccc1OP(=O)(O)O)c1ccc(O)cc1. The zero-order valence-corrected chi connectivity index (χ0v) is 13.5. The minimum atomic E-state index is -4.65. The fourth-order valence-corrected chi connectivity index (χ4v) is 2.75. The number of rotatable bonds is 6. The molecule has 0 bridgehead atoms. The van der Waals surface area contributed by atoms with Crippen molar-refractivity contribution in [2.75, 3.05) is 0 Å². The Balaban J connectivity index is 2.11. The molecule has 2 rings (SSSR count). The van der Waals surface area contributed by atoms with Crippen molar-refractivity contribution in [2.24, 2.45) is 0 Å². The van der Waals surface area contributed by atoms with Crippen molar-refractivity contribution in [2.45, 2.75) is 25.7 Å². The summed E-state index contributed by atoms with van der Waals surface area (Å²) in [7, 11) is -4.65. The van der Waals surface area contributed by atoms with Crippen LogP contribution in [0.4, 0.5) is 0 Å². The number of hydrogen-bond donors (Lipinski definition) is 4. The van der Waals surface area contributed by atoms with Crippen LogP contribution in [0.3, 0.4) is 0 Å². The first kappa shape index (κ1) is 17.3. The van der Waals surface area contributed by atoms with Crippen molar-refractivity contribution < 1.29 is 29.1 Å². The number of phosphoric acid groups is 1. The zero-order chi connectivity index (χ0) is 17.0. The number of phosphoric ester groups is 1. The third kappa shape index (κ3) is 5.28. The molecule has 4 N–H and O–H groups in total. The second kappa shape index (κ2) is 7.04. The molecule has 0 aliphatic carbocycles. The summed E-state index contributed by atoms with van der Waals surface area (Å²) >= 11 is 0. The lowest BCUT2D eigenvalue weighted by Crippen LogP contribution is -1.99. The van der Waals surface area contributed by atoms with Gasteiger partial charge in [0.05, 0.1) is 0 Å². The summed E-state index contributed by atoms with van der Waals surface area (Å²) in [6, 6.07) is 11.0. The molecule has 0 aliphatic rings. The van der Waals surface area contributed by atoms with Crippen molar-refractivity contribution in [3.8, 4) is 17.2 Å². The fraction of sp³-hybridized carbons (Fsp3) is 0.250. The van der Waals surface area contributed by atoms with Crippen LogP contribution < -0.4 is 4.52 Å². The Morgan fingerprint density at radius 2 is 1.65 bits per heavy atom. The van der Waals surface area contributed by atoms with Gasteiger partial charge in [-0.05, 0) is 60.2 Å². The molecule has 7 heteroatoms. The normalized spacial score (nSPS) is 12.8. The highest BCUT2D eigenvalue weighted by molar-refractivity contribution is 7.46. The van der Waals surface area contributed by atoms with E-state index < -0.39 is 7.82 Å². The lowest BCUT2D eigenvalue weighted by atomic mass is 9.94. The maximum atomic E-state index is 11.0. The summed E-state index contributed by atoms with van der Waals surface area (Å²) in [6.45, 7) is 2.01. The van der Waals surface area contributed by atoms with E-state index >= 15 is 0 Å². The molecule has 2 aromatic carbocycles. The van der Waals surface area contributed by atoms with E-state index in [1.54, 1.807) is 12.1 Å². The van der Waals surface area contributed by atoms with Gasteiger partial charge >= 0.3 is 7.82 Å². The minimum Gasteiger partial charge on any atom is -0.508 e. The summed E-state index contributed by atoms with van der Waals surface area (Å²) in [4.78, 5) is 17.9. The fourth-order valence-electron chi connectivity index (χ4n) is 2.32. The van der Waals surface area contributed by atoms with Crippen molar-refractivity contribution in [3.63, 3.8) is 0 Å². The summed E-state index contributed by atoms with van der Waals surface area (Å²) in [6.07, 6.45) is 1.16. The van der Waals surface area contributed by atoms with Gasteiger partial charge in [-0.3, -0.25) is 9.79 Å². The Hall–Kier alpha value is -2.01. The molecule has 1 unspecified atom stereocenters. The summed E-state index contributed by atoms with van der Waals surface area (Å²) in [5.74, 6) is 0.441. The standard InChI is InChI=1S/C16H19O6P/c1-11(12-4-6-14(17)7-5-12)2-3-13-10-15(18)8-9-16(13)22-23(19,20)21/h4-11,17-18H,2-3H2,1H3,(H2,19,20,21). The molecule has 0 amide bonds. The highest BCUT2D eigenvalue weighted by Crippen LogP contribution is 2.40. The van der Waals surface area contributed by atoms with Gasteiger partial charge in [-0.2, -0.15) is 0 Å². The molecule has 0 radical (unpaired) electrons. The Morgan fingerprint density at radius 3 is 2.26 bits per heavy atom. The van der Waals surface area contributed by atoms with Crippen molar-refractivity contribution in [1.82, 2.24) is 0 Å². The molecule has 0 aliphatic heterocycles. The van der Waals surface area contributed by atoms with Gasteiger partial charge in [-0.1, -0.05) is 19.1 Å². The van der Waals surface area contributed by atoms with Crippen LogP contribution in [0, 0.1) is 0 Å². The van der Waals surface area contributed by atoms with Crippen LogP contribution >= 0.6 is 7.82 Å². The van der Waals surface area contributed by atoms with Crippen molar-refractivity contribution >= 4 is 7.82 Å². The van der Waals surface area contributed by atoms with E-state index in [9.17, 15) is 14.8 Å². The van der Waals surface area contributed by atoms with Crippen LogP contribution in [0.5, 0.6) is 17.2 Å². The van der Waals surface area contributed by atoms with E-state index in [1.165, 1.54) is 18.2 Å². The van der Waals surface area contributed by atoms with Crippen LogP contribution in [0.25, 0.3) is 0 Å². The molecule has 2 aromatic rings. The molecule has 0 saturated heterocycles. The topological polar surface area (TPSA) is 107 Å². The van der Waals surface area contributed by atoms with E-state index in [2.05, 4.69) is 4.52 Å². The predicted molar refractivity (Wildman–Crippen MR) is 85.6 cm³/mol. The van der Waals surface area contributed by atoms with E-state index in [0.717, 1.165) is 5.56 Å². The lowest BCUT2D eigenvalue weighted by molar-refractivity contribution is 0.282. The van der Waals surface area contributed by atoms with Crippen LogP contribution in [-0.2, 0) is 11.0 Å². The number of hydrogen-bond acceptors (Lipinski definition) is 4. The molecule has 23 heavy (non-hydrogen) atoms. The van der Waals surface area contributed by atoms with Gasteiger partial charge in [0.25, 0.3) is 0 Å². The van der Waals surface area contributed by atoms with Crippen LogP contribution in [0.15, 0.2) is 42.5 Å². The molecule has 124 valence electrons. The maximum Gasteiger partial charge on any atom is 0.524 e. The third-order valence-corrected chi connectivity index (χ3v) is 4.00. The van der Waals surface area contributed by atoms with Gasteiger partial charge in [0.1, 0.15) is 17.2 Å². The molecule has 0 saturated carbocycles. The largest absolute Gasteiger partial charge is 0.524 e. The van der Waals surface area contributed by atoms with Crippen LogP contribution in [-0.4, -0.2) is 20.0 Å². The molecular formula is C16H19O6P. The van der Waals surface area contributed by atoms with E-state index in [-0.39, 0.29) is 23.2 Å². The smallest absolute Gasteiger partial charge is 0.508 e. The molecular weight excluding hydrogens is 319 g/mol. The highest BCUT2D eigenvalue weighted by Gasteiger charge is 2.19. The average Bonchev–Trinajstić information content (AvgIpc) is 2.46. The van der Waals surface area contributed by atoms with E-state index in [1.807, 2.05) is 19.1 Å². The monoisotopic (exact) mass is 338 g/mol. The Kier molecular flexibility index (Phi) is 5.31.